The van der Waals surface area contributed by atoms with Crippen molar-refractivity contribution in [2.24, 2.45) is 5.10 Å². The molecule has 1 amide bonds. The molecule has 0 radical (unpaired) electrons. The number of hydrogen-bond donors (Lipinski definition) is 2. The van der Waals surface area contributed by atoms with Gasteiger partial charge < -0.3 is 9.47 Å². The molecule has 9 heteroatoms. The Bertz CT molecular complexity index is 1080. The second-order valence-corrected chi connectivity index (χ2v) is 7.08. The summed E-state index contributed by atoms with van der Waals surface area (Å²) >= 11 is 2.08. The topological polar surface area (TPSA) is 106 Å². The van der Waals surface area contributed by atoms with Crippen molar-refractivity contribution in [3.05, 3.63) is 74.6 Å². The van der Waals surface area contributed by atoms with E-state index in [1.54, 1.807) is 43.3 Å². The Morgan fingerprint density at radius 2 is 1.97 bits per heavy atom. The van der Waals surface area contributed by atoms with E-state index in [4.69, 9.17) is 9.47 Å². The fourth-order valence-corrected chi connectivity index (χ4v) is 3.00. The van der Waals surface area contributed by atoms with Crippen molar-refractivity contribution in [1.29, 1.82) is 0 Å². The molecule has 0 aliphatic rings. The zero-order valence-electron chi connectivity index (χ0n) is 15.6. The normalized spacial score (nSPS) is 10.7. The predicted molar refractivity (Wildman–Crippen MR) is 115 cm³/mol. The molecule has 0 saturated carbocycles. The lowest BCUT2D eigenvalue weighted by atomic mass is 10.2. The molecule has 0 fully saturated rings. The van der Waals surface area contributed by atoms with E-state index in [2.05, 4.69) is 43.3 Å². The van der Waals surface area contributed by atoms with E-state index in [1.807, 2.05) is 12.1 Å². The van der Waals surface area contributed by atoms with Crippen molar-refractivity contribution in [3.8, 4) is 11.5 Å². The van der Waals surface area contributed by atoms with Crippen molar-refractivity contribution in [3.63, 3.8) is 0 Å². The number of H-pyrrole nitrogens is 1. The van der Waals surface area contributed by atoms with Crippen molar-refractivity contribution < 1.29 is 19.1 Å². The van der Waals surface area contributed by atoms with Gasteiger partial charge in [-0.2, -0.15) is 10.2 Å². The Morgan fingerprint density at radius 1 is 1.17 bits per heavy atom. The second kappa shape index (κ2) is 9.32. The molecule has 2 aromatic carbocycles. The van der Waals surface area contributed by atoms with Gasteiger partial charge in [0.1, 0.15) is 0 Å². The smallest absolute Gasteiger partial charge is 0.344 e. The van der Waals surface area contributed by atoms with Crippen LogP contribution < -0.4 is 14.9 Å². The van der Waals surface area contributed by atoms with E-state index in [0.29, 0.717) is 16.9 Å². The van der Waals surface area contributed by atoms with Crippen LogP contribution in [0.15, 0.2) is 53.6 Å². The largest absolute Gasteiger partial charge is 0.493 e. The van der Waals surface area contributed by atoms with E-state index < -0.39 is 11.9 Å². The summed E-state index contributed by atoms with van der Waals surface area (Å²) < 4.78 is 11.6. The molecule has 0 atom stereocenters. The number of esters is 1. The number of amides is 1. The summed E-state index contributed by atoms with van der Waals surface area (Å²) in [6, 6.07) is 13.7. The van der Waals surface area contributed by atoms with Gasteiger partial charge in [-0.05, 0) is 71.5 Å². The molecule has 0 spiro atoms. The minimum absolute atomic E-state index is 0.245. The number of nitrogens with one attached hydrogen (secondary N) is 2. The molecule has 0 aliphatic heterocycles. The van der Waals surface area contributed by atoms with Gasteiger partial charge in [-0.25, -0.2) is 10.2 Å². The number of aromatic amines is 1. The Labute approximate surface area is 180 Å². The van der Waals surface area contributed by atoms with Crippen LogP contribution in [0.3, 0.4) is 0 Å². The average Bonchev–Trinajstić information content (AvgIpc) is 3.15. The number of aryl methyl sites for hydroxylation is 1. The van der Waals surface area contributed by atoms with E-state index >= 15 is 0 Å². The maximum Gasteiger partial charge on any atom is 0.344 e. The monoisotopic (exact) mass is 504 g/mol. The molecule has 0 unspecified atom stereocenters. The summed E-state index contributed by atoms with van der Waals surface area (Å²) in [6.07, 6.45) is 1.45. The standard InChI is InChI=1S/C20H17IN4O4/c1-12-9-16(24-23-12)19(26)25-22-11-13-7-8-17(18(10-13)28-2)29-20(27)14-5-3-4-6-15(14)21/h3-11H,1-2H3,(H,23,24)(H,25,26). The minimum Gasteiger partial charge on any atom is -0.493 e. The van der Waals surface area contributed by atoms with E-state index in [1.165, 1.54) is 13.3 Å². The lowest BCUT2D eigenvalue weighted by Gasteiger charge is -2.10. The Kier molecular flexibility index (Phi) is 6.60. The Morgan fingerprint density at radius 3 is 2.66 bits per heavy atom. The van der Waals surface area contributed by atoms with Crippen molar-refractivity contribution >= 4 is 40.7 Å². The number of rotatable bonds is 6. The zero-order valence-corrected chi connectivity index (χ0v) is 17.8. The fourth-order valence-electron chi connectivity index (χ4n) is 2.39. The number of aromatic nitrogens is 2. The summed E-state index contributed by atoms with van der Waals surface area (Å²) in [5, 5.41) is 10.5. The quantitative estimate of drug-likeness (QED) is 0.176. The SMILES string of the molecule is COc1cc(C=NNC(=O)c2cc(C)[nH]n2)ccc1OC(=O)c1ccccc1I. The highest BCUT2D eigenvalue weighted by Gasteiger charge is 2.15. The van der Waals surface area contributed by atoms with Crippen molar-refractivity contribution in [2.75, 3.05) is 7.11 Å². The number of benzene rings is 2. The second-order valence-electron chi connectivity index (χ2n) is 5.91. The molecule has 0 aliphatic carbocycles. The number of halogens is 1. The summed E-state index contributed by atoms with van der Waals surface area (Å²) in [5.41, 5.74) is 4.53. The van der Waals surface area contributed by atoms with Crippen LogP contribution in [0.2, 0.25) is 0 Å². The summed E-state index contributed by atoms with van der Waals surface area (Å²) in [6.45, 7) is 1.80. The van der Waals surface area contributed by atoms with E-state index in [-0.39, 0.29) is 11.4 Å². The number of methoxy groups -OCH3 is 1. The molecular formula is C20H17IN4O4. The van der Waals surface area contributed by atoms with Gasteiger partial charge in [0.2, 0.25) is 0 Å². The molecule has 0 saturated heterocycles. The van der Waals surface area contributed by atoms with Crippen LogP contribution in [0.1, 0.15) is 32.1 Å². The lowest BCUT2D eigenvalue weighted by Crippen LogP contribution is -2.18. The van der Waals surface area contributed by atoms with Gasteiger partial charge in [-0.15, -0.1) is 0 Å². The van der Waals surface area contributed by atoms with Crippen LogP contribution in [-0.2, 0) is 0 Å². The van der Waals surface area contributed by atoms with E-state index in [9.17, 15) is 9.59 Å². The molecule has 3 rings (SSSR count). The third-order valence-corrected chi connectivity index (χ3v) is 4.74. The molecule has 1 heterocycles. The molecule has 8 nitrogen and oxygen atoms in total. The first-order valence-corrected chi connectivity index (χ1v) is 9.56. The molecule has 3 aromatic rings. The number of hydrogen-bond acceptors (Lipinski definition) is 6. The molecule has 148 valence electrons. The molecule has 29 heavy (non-hydrogen) atoms. The number of ether oxygens (including phenoxy) is 2. The van der Waals surface area contributed by atoms with Gasteiger partial charge in [-0.3, -0.25) is 9.89 Å². The molecular weight excluding hydrogens is 487 g/mol. The first kappa shape index (κ1) is 20.5. The highest BCUT2D eigenvalue weighted by atomic mass is 127. The maximum atomic E-state index is 12.4. The number of nitrogens with zero attached hydrogens (tertiary/aromatic N) is 2. The third kappa shape index (κ3) is 5.19. The van der Waals surface area contributed by atoms with Gasteiger partial charge in [0.15, 0.2) is 17.2 Å². The van der Waals surface area contributed by atoms with Crippen LogP contribution in [-0.4, -0.2) is 35.4 Å². The fraction of sp³-hybridized carbons (Fsp3) is 0.100. The molecule has 2 N–H and O–H groups in total. The van der Waals surface area contributed by atoms with Crippen molar-refractivity contribution in [2.45, 2.75) is 6.92 Å². The van der Waals surface area contributed by atoms with Gasteiger partial charge in [0.05, 0.1) is 18.9 Å². The third-order valence-electron chi connectivity index (χ3n) is 3.80. The maximum absolute atomic E-state index is 12.4. The van der Waals surface area contributed by atoms with Crippen molar-refractivity contribution in [1.82, 2.24) is 15.6 Å². The van der Waals surface area contributed by atoms with Crippen LogP contribution in [0, 0.1) is 10.5 Å². The molecule has 0 bridgehead atoms. The minimum atomic E-state index is -0.476. The summed E-state index contributed by atoms with van der Waals surface area (Å²) in [4.78, 5) is 24.3. The predicted octanol–water partition coefficient (Wildman–Crippen LogP) is 3.31. The highest BCUT2D eigenvalue weighted by Crippen LogP contribution is 2.28. The first-order valence-electron chi connectivity index (χ1n) is 8.48. The number of carbonyl (C=O) groups is 2. The van der Waals surface area contributed by atoms with Crippen LogP contribution in [0.4, 0.5) is 0 Å². The summed E-state index contributed by atoms with van der Waals surface area (Å²) in [5.74, 6) is -0.260. The van der Waals surface area contributed by atoms with Gasteiger partial charge in [0.25, 0.3) is 5.91 Å². The van der Waals surface area contributed by atoms with Crippen LogP contribution in [0.25, 0.3) is 0 Å². The van der Waals surface area contributed by atoms with Crippen LogP contribution in [0.5, 0.6) is 11.5 Å². The highest BCUT2D eigenvalue weighted by molar-refractivity contribution is 14.1. The summed E-state index contributed by atoms with van der Waals surface area (Å²) in [7, 11) is 1.47. The number of carbonyl (C=O) groups excluding carboxylic acids is 2. The van der Waals surface area contributed by atoms with Gasteiger partial charge >= 0.3 is 5.97 Å². The van der Waals surface area contributed by atoms with Crippen LogP contribution >= 0.6 is 22.6 Å². The zero-order chi connectivity index (χ0) is 20.8. The average molecular weight is 504 g/mol. The van der Waals surface area contributed by atoms with Gasteiger partial charge in [0, 0.05) is 9.26 Å². The first-order chi connectivity index (χ1) is 14.0. The number of hydrazone groups is 1. The lowest BCUT2D eigenvalue weighted by molar-refractivity contribution is 0.0728. The molecule has 1 aromatic heterocycles. The van der Waals surface area contributed by atoms with E-state index in [0.717, 1.165) is 9.26 Å². The van der Waals surface area contributed by atoms with Gasteiger partial charge in [-0.1, -0.05) is 12.1 Å². The Hall–Kier alpha value is -3.21. The Balaban J connectivity index is 1.69.